The smallest absolute Gasteiger partial charge is 0.355 e. The van der Waals surface area contributed by atoms with Crippen molar-refractivity contribution in [2.75, 3.05) is 19.7 Å². The van der Waals surface area contributed by atoms with Gasteiger partial charge in [-0.2, -0.15) is 0 Å². The number of Topliss-reactive ketones (excluding diaryl/α,β-unsaturated/α-hetero) is 1. The summed E-state index contributed by atoms with van der Waals surface area (Å²) in [6.07, 6.45) is 1.21. The first-order valence-corrected chi connectivity index (χ1v) is 9.29. The zero-order valence-corrected chi connectivity index (χ0v) is 17.1. The van der Waals surface area contributed by atoms with Gasteiger partial charge in [0.25, 0.3) is 0 Å². The van der Waals surface area contributed by atoms with Crippen molar-refractivity contribution in [2.24, 2.45) is 13.0 Å². The van der Waals surface area contributed by atoms with Gasteiger partial charge in [0.2, 0.25) is 5.91 Å². The summed E-state index contributed by atoms with van der Waals surface area (Å²) >= 11 is 0. The molecule has 26 heavy (non-hydrogen) atoms. The fourth-order valence-corrected chi connectivity index (χ4v) is 3.17. The van der Waals surface area contributed by atoms with Gasteiger partial charge >= 0.3 is 5.97 Å². The highest BCUT2D eigenvalue weighted by molar-refractivity contribution is 6.04. The van der Waals surface area contributed by atoms with Crippen LogP contribution in [0.1, 0.15) is 72.6 Å². The van der Waals surface area contributed by atoms with Gasteiger partial charge in [0.15, 0.2) is 5.78 Å². The summed E-state index contributed by atoms with van der Waals surface area (Å²) in [7, 11) is 1.75. The fourth-order valence-electron chi connectivity index (χ4n) is 3.17. The van der Waals surface area contributed by atoms with Crippen LogP contribution >= 0.6 is 0 Å². The van der Waals surface area contributed by atoms with E-state index in [4.69, 9.17) is 4.74 Å². The lowest BCUT2D eigenvalue weighted by atomic mass is 10.0. The van der Waals surface area contributed by atoms with E-state index in [-0.39, 0.29) is 30.8 Å². The van der Waals surface area contributed by atoms with Crippen LogP contribution in [0.5, 0.6) is 0 Å². The second kappa shape index (κ2) is 9.55. The number of carbonyl (C=O) groups excluding carboxylic acids is 3. The number of carbonyl (C=O) groups is 3. The standard InChI is InChI=1S/C20H32N2O4/c1-8-10-22(17(24)11-13(3)4)12-16(23)18-14(5)19(20(25)26-9-2)21(7)15(18)6/h13H,8-12H2,1-7H3. The normalized spacial score (nSPS) is 10.9. The van der Waals surface area contributed by atoms with E-state index < -0.39 is 5.97 Å². The third-order valence-corrected chi connectivity index (χ3v) is 4.44. The molecule has 6 nitrogen and oxygen atoms in total. The number of ketones is 1. The van der Waals surface area contributed by atoms with E-state index in [1.807, 2.05) is 27.7 Å². The summed E-state index contributed by atoms with van der Waals surface area (Å²) in [4.78, 5) is 39.2. The Morgan fingerprint density at radius 1 is 1.15 bits per heavy atom. The molecule has 1 aromatic heterocycles. The van der Waals surface area contributed by atoms with Gasteiger partial charge in [-0.25, -0.2) is 4.79 Å². The maximum atomic E-state index is 12.9. The first-order chi connectivity index (χ1) is 12.1. The highest BCUT2D eigenvalue weighted by Gasteiger charge is 2.27. The molecule has 1 amide bonds. The predicted octanol–water partition coefficient (Wildman–Crippen LogP) is 3.29. The van der Waals surface area contributed by atoms with Crippen molar-refractivity contribution in [1.29, 1.82) is 0 Å². The van der Waals surface area contributed by atoms with Crippen molar-refractivity contribution in [3.63, 3.8) is 0 Å². The number of ether oxygens (including phenoxy) is 1. The van der Waals surface area contributed by atoms with Crippen LogP contribution in [0.15, 0.2) is 0 Å². The van der Waals surface area contributed by atoms with Crippen LogP contribution < -0.4 is 0 Å². The van der Waals surface area contributed by atoms with Crippen molar-refractivity contribution in [3.05, 3.63) is 22.5 Å². The Hall–Kier alpha value is -2.11. The van der Waals surface area contributed by atoms with Gasteiger partial charge in [0, 0.05) is 31.3 Å². The van der Waals surface area contributed by atoms with E-state index in [1.54, 1.807) is 30.4 Å². The number of amides is 1. The minimum Gasteiger partial charge on any atom is -0.461 e. The molecule has 0 aliphatic heterocycles. The third kappa shape index (κ3) is 4.96. The van der Waals surface area contributed by atoms with E-state index >= 15 is 0 Å². The lowest BCUT2D eigenvalue weighted by Crippen LogP contribution is -2.37. The molecule has 0 N–H and O–H groups in total. The molecule has 146 valence electrons. The second-order valence-corrected chi connectivity index (χ2v) is 7.05. The molecule has 0 spiro atoms. The fraction of sp³-hybridized carbons (Fsp3) is 0.650. The lowest BCUT2D eigenvalue weighted by molar-refractivity contribution is -0.131. The molecule has 0 aliphatic carbocycles. The Morgan fingerprint density at radius 2 is 1.77 bits per heavy atom. The molecule has 0 radical (unpaired) electrons. The van der Waals surface area contributed by atoms with Crippen LogP contribution in [0.4, 0.5) is 0 Å². The van der Waals surface area contributed by atoms with Crippen LogP contribution in [-0.2, 0) is 16.6 Å². The van der Waals surface area contributed by atoms with Crippen LogP contribution in [0, 0.1) is 19.8 Å². The van der Waals surface area contributed by atoms with Crippen molar-refractivity contribution in [1.82, 2.24) is 9.47 Å². The maximum Gasteiger partial charge on any atom is 0.355 e. The van der Waals surface area contributed by atoms with Crippen molar-refractivity contribution in [2.45, 2.75) is 54.4 Å². The molecule has 0 bridgehead atoms. The second-order valence-electron chi connectivity index (χ2n) is 7.05. The summed E-state index contributed by atoms with van der Waals surface area (Å²) in [5.41, 5.74) is 2.22. The average Bonchev–Trinajstić information content (AvgIpc) is 2.76. The highest BCUT2D eigenvalue weighted by Crippen LogP contribution is 2.23. The molecule has 6 heteroatoms. The van der Waals surface area contributed by atoms with Gasteiger partial charge in [-0.05, 0) is 38.7 Å². The quantitative estimate of drug-likeness (QED) is 0.498. The monoisotopic (exact) mass is 364 g/mol. The van der Waals surface area contributed by atoms with E-state index in [2.05, 4.69) is 0 Å². The van der Waals surface area contributed by atoms with Gasteiger partial charge < -0.3 is 14.2 Å². The molecule has 1 rings (SSSR count). The highest BCUT2D eigenvalue weighted by atomic mass is 16.5. The molecular weight excluding hydrogens is 332 g/mol. The molecule has 1 aromatic rings. The first-order valence-electron chi connectivity index (χ1n) is 9.29. The molecule has 0 aliphatic rings. The Bertz CT molecular complexity index is 674. The SMILES string of the molecule is CCCN(CC(=O)c1c(C)c(C(=O)OCC)n(C)c1C)C(=O)CC(C)C. The topological polar surface area (TPSA) is 68.6 Å². The summed E-state index contributed by atoms with van der Waals surface area (Å²) in [5, 5.41) is 0. The molecule has 0 fully saturated rings. The molecule has 0 unspecified atom stereocenters. The Labute approximate surface area is 156 Å². The maximum absolute atomic E-state index is 12.9. The summed E-state index contributed by atoms with van der Waals surface area (Å²) in [6, 6.07) is 0. The number of nitrogens with zero attached hydrogens (tertiary/aromatic N) is 2. The average molecular weight is 364 g/mol. The van der Waals surface area contributed by atoms with Crippen LogP contribution in [-0.4, -0.2) is 46.8 Å². The minimum atomic E-state index is -0.434. The van der Waals surface area contributed by atoms with Crippen LogP contribution in [0.2, 0.25) is 0 Å². The zero-order valence-electron chi connectivity index (χ0n) is 17.1. The van der Waals surface area contributed by atoms with Gasteiger partial charge in [-0.1, -0.05) is 20.8 Å². The first kappa shape index (κ1) is 21.9. The molecule has 1 heterocycles. The number of esters is 1. The number of rotatable bonds is 9. The Kier molecular flexibility index (Phi) is 8.06. The van der Waals surface area contributed by atoms with E-state index in [9.17, 15) is 14.4 Å². The van der Waals surface area contributed by atoms with E-state index in [0.29, 0.717) is 35.5 Å². The summed E-state index contributed by atoms with van der Waals surface area (Å²) < 4.78 is 6.80. The number of hydrogen-bond acceptors (Lipinski definition) is 4. The number of hydrogen-bond donors (Lipinski definition) is 0. The van der Waals surface area contributed by atoms with Gasteiger partial charge in [0.1, 0.15) is 5.69 Å². The predicted molar refractivity (Wildman–Crippen MR) is 102 cm³/mol. The lowest BCUT2D eigenvalue weighted by Gasteiger charge is -2.22. The van der Waals surface area contributed by atoms with E-state index in [1.165, 1.54) is 0 Å². The van der Waals surface area contributed by atoms with Crippen molar-refractivity contribution in [3.8, 4) is 0 Å². The Balaban J connectivity index is 3.14. The minimum absolute atomic E-state index is 0.00736. The van der Waals surface area contributed by atoms with Crippen LogP contribution in [0.25, 0.3) is 0 Å². The Morgan fingerprint density at radius 3 is 2.27 bits per heavy atom. The zero-order chi connectivity index (χ0) is 20.0. The molecule has 0 saturated carbocycles. The summed E-state index contributed by atoms with van der Waals surface area (Å²) in [5.74, 6) is -0.340. The molecule has 0 saturated heterocycles. The summed E-state index contributed by atoms with van der Waals surface area (Å²) in [6.45, 7) is 12.1. The van der Waals surface area contributed by atoms with Gasteiger partial charge in [-0.15, -0.1) is 0 Å². The van der Waals surface area contributed by atoms with Crippen LogP contribution in [0.3, 0.4) is 0 Å². The number of aromatic nitrogens is 1. The van der Waals surface area contributed by atoms with Crippen molar-refractivity contribution < 1.29 is 19.1 Å². The molecule has 0 aromatic carbocycles. The van der Waals surface area contributed by atoms with Gasteiger partial charge in [-0.3, -0.25) is 9.59 Å². The van der Waals surface area contributed by atoms with Gasteiger partial charge in [0.05, 0.1) is 13.2 Å². The third-order valence-electron chi connectivity index (χ3n) is 4.44. The van der Waals surface area contributed by atoms with E-state index in [0.717, 1.165) is 6.42 Å². The van der Waals surface area contributed by atoms with Crippen molar-refractivity contribution >= 4 is 17.7 Å². The largest absolute Gasteiger partial charge is 0.461 e. The molecule has 0 atom stereocenters. The molecular formula is C20H32N2O4.